The fraction of sp³-hybridized carbons (Fsp3) is 0.154. The number of benzene rings is 1. The maximum absolute atomic E-state index is 6.18. The number of hydrogen-bond acceptors (Lipinski definition) is 4. The van der Waals surface area contributed by atoms with Crippen molar-refractivity contribution in [2.45, 2.75) is 6.92 Å². The summed E-state index contributed by atoms with van der Waals surface area (Å²) in [4.78, 5) is 4.13. The largest absolute Gasteiger partial charge is 0.492 e. The molecule has 0 saturated heterocycles. The van der Waals surface area contributed by atoms with Crippen molar-refractivity contribution in [1.82, 2.24) is 4.98 Å². The first-order valence-electron chi connectivity index (χ1n) is 5.61. The van der Waals surface area contributed by atoms with Crippen LogP contribution in [0.1, 0.15) is 18.2 Å². The monoisotopic (exact) mass is 314 g/mol. The van der Waals surface area contributed by atoms with Crippen LogP contribution >= 0.6 is 34.5 Å². The number of hydrogen-bond donors (Lipinski definition) is 1. The molecule has 0 unspecified atom stereocenters. The van der Waals surface area contributed by atoms with Gasteiger partial charge in [-0.15, -0.1) is 11.3 Å². The van der Waals surface area contributed by atoms with Crippen LogP contribution in [0.4, 0.5) is 5.13 Å². The Labute approximate surface area is 125 Å². The highest BCUT2D eigenvalue weighted by Gasteiger charge is 2.06. The van der Waals surface area contributed by atoms with Crippen molar-refractivity contribution >= 4 is 51.8 Å². The molecule has 1 aromatic heterocycles. The lowest BCUT2D eigenvalue weighted by atomic mass is 10.2. The first-order chi connectivity index (χ1) is 9.10. The number of aromatic nitrogens is 1. The molecule has 0 bridgehead atoms. The predicted octanol–water partition coefficient (Wildman–Crippen LogP) is 4.60. The molecule has 1 aromatic carbocycles. The molecule has 0 aliphatic heterocycles. The van der Waals surface area contributed by atoms with Crippen LogP contribution < -0.4 is 10.5 Å². The maximum atomic E-state index is 6.18. The van der Waals surface area contributed by atoms with E-state index >= 15 is 0 Å². The highest BCUT2D eigenvalue weighted by Crippen LogP contribution is 2.32. The second-order valence-electron chi connectivity index (χ2n) is 3.68. The van der Waals surface area contributed by atoms with Crippen LogP contribution in [0.2, 0.25) is 10.0 Å². The van der Waals surface area contributed by atoms with E-state index in [-0.39, 0.29) is 0 Å². The van der Waals surface area contributed by atoms with Crippen molar-refractivity contribution in [2.24, 2.45) is 0 Å². The topological polar surface area (TPSA) is 48.1 Å². The summed E-state index contributed by atoms with van der Waals surface area (Å²) >= 11 is 13.7. The number of ether oxygens (including phenoxy) is 1. The van der Waals surface area contributed by atoms with Gasteiger partial charge < -0.3 is 10.5 Å². The molecule has 2 N–H and O–H groups in total. The smallest absolute Gasteiger partial charge is 0.180 e. The molecule has 0 saturated carbocycles. The fourth-order valence-electron chi connectivity index (χ4n) is 1.49. The molecular formula is C13H12Cl2N2OS. The summed E-state index contributed by atoms with van der Waals surface area (Å²) < 4.78 is 5.37. The van der Waals surface area contributed by atoms with Gasteiger partial charge in [-0.2, -0.15) is 0 Å². The molecule has 2 aromatic rings. The molecule has 0 fully saturated rings. The Kier molecular flexibility index (Phi) is 4.69. The SMILES string of the molecule is CCOc1cc(Cl)c(/C=C/c2csc(N)n2)cc1Cl. The van der Waals surface area contributed by atoms with Gasteiger partial charge >= 0.3 is 0 Å². The summed E-state index contributed by atoms with van der Waals surface area (Å²) in [6.45, 7) is 2.44. The molecule has 100 valence electrons. The zero-order chi connectivity index (χ0) is 13.8. The van der Waals surface area contributed by atoms with Crippen molar-refractivity contribution in [1.29, 1.82) is 0 Å². The third kappa shape index (κ3) is 3.62. The van der Waals surface area contributed by atoms with E-state index in [1.807, 2.05) is 24.5 Å². The maximum Gasteiger partial charge on any atom is 0.180 e. The van der Waals surface area contributed by atoms with Crippen molar-refractivity contribution in [3.05, 3.63) is 38.8 Å². The van der Waals surface area contributed by atoms with Crippen molar-refractivity contribution < 1.29 is 4.74 Å². The molecule has 6 heteroatoms. The third-order valence-corrected chi connectivity index (χ3v) is 3.64. The Morgan fingerprint density at radius 3 is 2.74 bits per heavy atom. The Morgan fingerprint density at radius 2 is 2.11 bits per heavy atom. The van der Waals surface area contributed by atoms with Gasteiger partial charge in [-0.1, -0.05) is 29.3 Å². The molecule has 0 aliphatic rings. The molecule has 2 rings (SSSR count). The van der Waals surface area contributed by atoms with Crippen molar-refractivity contribution in [2.75, 3.05) is 12.3 Å². The molecule has 3 nitrogen and oxygen atoms in total. The summed E-state index contributed by atoms with van der Waals surface area (Å²) in [5, 5.41) is 3.52. The Bertz CT molecular complexity index is 611. The zero-order valence-corrected chi connectivity index (χ0v) is 12.5. The summed E-state index contributed by atoms with van der Waals surface area (Å²) in [5.41, 5.74) is 7.17. The van der Waals surface area contributed by atoms with E-state index in [0.717, 1.165) is 11.3 Å². The van der Waals surface area contributed by atoms with E-state index in [9.17, 15) is 0 Å². The summed E-state index contributed by atoms with van der Waals surface area (Å²) in [5.74, 6) is 0.587. The molecule has 0 aliphatic carbocycles. The first kappa shape index (κ1) is 14.2. The van der Waals surface area contributed by atoms with E-state index in [4.69, 9.17) is 33.7 Å². The average molecular weight is 315 g/mol. The van der Waals surface area contributed by atoms with E-state index < -0.39 is 0 Å². The number of rotatable bonds is 4. The predicted molar refractivity (Wildman–Crippen MR) is 83.1 cm³/mol. The van der Waals surface area contributed by atoms with Gasteiger partial charge in [0.05, 0.1) is 22.3 Å². The highest BCUT2D eigenvalue weighted by atomic mass is 35.5. The first-order valence-corrected chi connectivity index (χ1v) is 7.24. The quantitative estimate of drug-likeness (QED) is 0.897. The lowest BCUT2D eigenvalue weighted by Crippen LogP contribution is -1.92. The van der Waals surface area contributed by atoms with Gasteiger partial charge in [0, 0.05) is 11.4 Å². The molecule has 1 heterocycles. The molecule has 19 heavy (non-hydrogen) atoms. The Hall–Kier alpha value is -1.23. The van der Waals surface area contributed by atoms with Gasteiger partial charge in [0.25, 0.3) is 0 Å². The summed E-state index contributed by atoms with van der Waals surface area (Å²) in [7, 11) is 0. The van der Waals surface area contributed by atoms with Crippen LogP contribution in [-0.2, 0) is 0 Å². The fourth-order valence-corrected chi connectivity index (χ4v) is 2.46. The van der Waals surface area contributed by atoms with Crippen LogP contribution in [0.25, 0.3) is 12.2 Å². The van der Waals surface area contributed by atoms with Crippen LogP contribution in [0, 0.1) is 0 Å². The average Bonchev–Trinajstić information content (AvgIpc) is 2.78. The minimum Gasteiger partial charge on any atom is -0.492 e. The van der Waals surface area contributed by atoms with Crippen LogP contribution in [-0.4, -0.2) is 11.6 Å². The number of nitrogen functional groups attached to an aromatic ring is 1. The number of halogens is 2. The number of nitrogens with two attached hydrogens (primary N) is 1. The van der Waals surface area contributed by atoms with Gasteiger partial charge in [0.1, 0.15) is 5.75 Å². The van der Waals surface area contributed by atoms with Crippen molar-refractivity contribution in [3.63, 3.8) is 0 Å². The van der Waals surface area contributed by atoms with Gasteiger partial charge in [0.2, 0.25) is 0 Å². The Balaban J connectivity index is 2.25. The normalized spacial score (nSPS) is 11.1. The number of anilines is 1. The van der Waals surface area contributed by atoms with E-state index in [2.05, 4.69) is 4.98 Å². The third-order valence-electron chi connectivity index (χ3n) is 2.32. The Morgan fingerprint density at radius 1 is 1.32 bits per heavy atom. The van der Waals surface area contributed by atoms with Gasteiger partial charge in [-0.3, -0.25) is 0 Å². The van der Waals surface area contributed by atoms with Gasteiger partial charge in [0.15, 0.2) is 5.13 Å². The van der Waals surface area contributed by atoms with E-state index in [1.54, 1.807) is 12.1 Å². The van der Waals surface area contributed by atoms with Gasteiger partial charge in [-0.25, -0.2) is 4.98 Å². The summed E-state index contributed by atoms with van der Waals surface area (Å²) in [6, 6.07) is 3.48. The van der Waals surface area contributed by atoms with Crippen molar-refractivity contribution in [3.8, 4) is 5.75 Å². The van der Waals surface area contributed by atoms with Crippen LogP contribution in [0.5, 0.6) is 5.75 Å². The standard InChI is InChI=1S/C13H12Cl2N2OS/c1-2-18-12-6-10(14)8(5-11(12)15)3-4-9-7-19-13(16)17-9/h3-7H,2H2,1H3,(H2,16,17)/b4-3+. The van der Waals surface area contributed by atoms with Crippen LogP contribution in [0.15, 0.2) is 17.5 Å². The molecule has 0 amide bonds. The highest BCUT2D eigenvalue weighted by molar-refractivity contribution is 7.13. The molecular weight excluding hydrogens is 303 g/mol. The minimum atomic E-state index is 0.531. The number of thiazole rings is 1. The minimum absolute atomic E-state index is 0.531. The second-order valence-corrected chi connectivity index (χ2v) is 5.39. The van der Waals surface area contributed by atoms with Crippen LogP contribution in [0.3, 0.4) is 0 Å². The lowest BCUT2D eigenvalue weighted by Gasteiger charge is -2.07. The van der Waals surface area contributed by atoms with E-state index in [0.29, 0.717) is 27.5 Å². The zero-order valence-electron chi connectivity index (χ0n) is 10.2. The second kappa shape index (κ2) is 6.28. The number of nitrogens with zero attached hydrogens (tertiary/aromatic N) is 1. The molecule has 0 radical (unpaired) electrons. The van der Waals surface area contributed by atoms with E-state index in [1.165, 1.54) is 11.3 Å². The molecule has 0 atom stereocenters. The summed E-state index contributed by atoms with van der Waals surface area (Å²) in [6.07, 6.45) is 3.68. The lowest BCUT2D eigenvalue weighted by molar-refractivity contribution is 0.340. The molecule has 0 spiro atoms. The van der Waals surface area contributed by atoms with Gasteiger partial charge in [-0.05, 0) is 24.6 Å².